The largest absolute Gasteiger partial charge is 0.454 e. The Hall–Kier alpha value is -3.95. The smallest absolute Gasteiger partial charge is 0.417 e. The molecule has 0 saturated carbocycles. The summed E-state index contributed by atoms with van der Waals surface area (Å²) in [6.45, 7) is 3.63. The van der Waals surface area contributed by atoms with E-state index in [4.69, 9.17) is 9.15 Å². The molecule has 6 nitrogen and oxygen atoms in total. The zero-order chi connectivity index (χ0) is 26.0. The van der Waals surface area contributed by atoms with Crippen molar-refractivity contribution in [1.82, 2.24) is 4.90 Å². The lowest BCUT2D eigenvalue weighted by Crippen LogP contribution is -2.35. The van der Waals surface area contributed by atoms with Crippen molar-refractivity contribution >= 4 is 22.6 Å². The van der Waals surface area contributed by atoms with E-state index < -0.39 is 23.1 Å². The second-order valence-corrected chi connectivity index (χ2v) is 8.74. The summed E-state index contributed by atoms with van der Waals surface area (Å²) in [6, 6.07) is 17.7. The number of morpholine rings is 1. The lowest BCUT2D eigenvalue weighted by molar-refractivity contribution is -0.137. The number of fused-ring (bicyclic) bond motifs is 1. The number of benzene rings is 3. The van der Waals surface area contributed by atoms with Gasteiger partial charge in [0.2, 0.25) is 0 Å². The van der Waals surface area contributed by atoms with Crippen molar-refractivity contribution < 1.29 is 27.1 Å². The summed E-state index contributed by atoms with van der Waals surface area (Å²) in [5.41, 5.74) is -0.142. The van der Waals surface area contributed by atoms with Gasteiger partial charge in [0.15, 0.2) is 11.0 Å². The van der Waals surface area contributed by atoms with Gasteiger partial charge in [0.25, 0.3) is 5.91 Å². The van der Waals surface area contributed by atoms with Gasteiger partial charge in [0.05, 0.1) is 29.9 Å². The molecular weight excluding hydrogens is 485 g/mol. The summed E-state index contributed by atoms with van der Waals surface area (Å²) in [5.74, 6) is -0.667. The summed E-state index contributed by atoms with van der Waals surface area (Å²) in [7, 11) is 0. The predicted molar refractivity (Wildman–Crippen MR) is 133 cm³/mol. The van der Waals surface area contributed by atoms with Crippen molar-refractivity contribution in [2.45, 2.75) is 12.7 Å². The van der Waals surface area contributed by atoms with Crippen LogP contribution in [-0.2, 0) is 17.5 Å². The molecular formula is C28H23F3N2O4. The lowest BCUT2D eigenvalue weighted by Gasteiger charge is -2.26. The number of nitrogens with zero attached hydrogens (tertiary/aromatic N) is 1. The molecule has 1 saturated heterocycles. The van der Waals surface area contributed by atoms with Crippen LogP contribution in [0.3, 0.4) is 0 Å². The molecule has 0 unspecified atom stereocenters. The molecule has 0 aliphatic carbocycles. The molecule has 9 heteroatoms. The Balaban J connectivity index is 1.47. The second kappa shape index (κ2) is 10.2. The first kappa shape index (κ1) is 24.7. The van der Waals surface area contributed by atoms with Gasteiger partial charge < -0.3 is 14.5 Å². The van der Waals surface area contributed by atoms with Gasteiger partial charge in [0.1, 0.15) is 5.76 Å². The second-order valence-electron chi connectivity index (χ2n) is 8.74. The summed E-state index contributed by atoms with van der Waals surface area (Å²) in [4.78, 5) is 28.2. The van der Waals surface area contributed by atoms with Gasteiger partial charge in [-0.3, -0.25) is 14.5 Å². The third-order valence-corrected chi connectivity index (χ3v) is 6.20. The summed E-state index contributed by atoms with van der Waals surface area (Å²) >= 11 is 0. The molecule has 4 aromatic rings. The number of nitrogens with one attached hydrogen (secondary N) is 1. The van der Waals surface area contributed by atoms with E-state index in [2.05, 4.69) is 10.2 Å². The van der Waals surface area contributed by atoms with E-state index in [-0.39, 0.29) is 28.0 Å². The Morgan fingerprint density at radius 3 is 2.49 bits per heavy atom. The van der Waals surface area contributed by atoms with Crippen LogP contribution in [0.2, 0.25) is 0 Å². The van der Waals surface area contributed by atoms with Gasteiger partial charge in [-0.1, -0.05) is 36.4 Å². The van der Waals surface area contributed by atoms with Crippen LogP contribution in [0.1, 0.15) is 21.5 Å². The molecule has 3 aromatic carbocycles. The number of anilines is 1. The third-order valence-electron chi connectivity index (χ3n) is 6.20. The van der Waals surface area contributed by atoms with Crippen LogP contribution in [0.5, 0.6) is 0 Å². The van der Waals surface area contributed by atoms with Crippen molar-refractivity contribution in [3.63, 3.8) is 0 Å². The topological polar surface area (TPSA) is 71.8 Å². The average Bonchev–Trinajstić information content (AvgIpc) is 2.89. The third kappa shape index (κ3) is 5.42. The summed E-state index contributed by atoms with van der Waals surface area (Å²) < 4.78 is 51.9. The lowest BCUT2D eigenvalue weighted by atomic mass is 10.0. The highest BCUT2D eigenvalue weighted by molar-refractivity contribution is 6.08. The molecule has 1 aromatic heterocycles. The average molecular weight is 508 g/mol. The number of para-hydroxylation sites is 1. The van der Waals surface area contributed by atoms with Gasteiger partial charge >= 0.3 is 6.18 Å². The number of alkyl halides is 3. The minimum absolute atomic E-state index is 0.000186. The minimum atomic E-state index is -4.63. The molecule has 2 heterocycles. The molecule has 1 aliphatic heterocycles. The van der Waals surface area contributed by atoms with E-state index in [0.29, 0.717) is 25.3 Å². The Morgan fingerprint density at radius 1 is 0.946 bits per heavy atom. The van der Waals surface area contributed by atoms with Gasteiger partial charge in [-0.2, -0.15) is 13.2 Å². The van der Waals surface area contributed by atoms with E-state index >= 15 is 0 Å². The van der Waals surface area contributed by atoms with Crippen molar-refractivity contribution in [2.24, 2.45) is 0 Å². The first-order valence-corrected chi connectivity index (χ1v) is 11.7. The molecule has 0 atom stereocenters. The number of carbonyl (C=O) groups is 1. The van der Waals surface area contributed by atoms with Crippen molar-refractivity contribution in [3.05, 3.63) is 99.7 Å². The molecule has 5 rings (SSSR count). The monoisotopic (exact) mass is 508 g/mol. The zero-order valence-electron chi connectivity index (χ0n) is 19.7. The van der Waals surface area contributed by atoms with Gasteiger partial charge in [-0.15, -0.1) is 0 Å². The van der Waals surface area contributed by atoms with E-state index in [1.54, 1.807) is 30.3 Å². The first-order chi connectivity index (χ1) is 17.8. The van der Waals surface area contributed by atoms with Crippen LogP contribution >= 0.6 is 0 Å². The Labute approximate surface area is 210 Å². The fourth-order valence-electron chi connectivity index (χ4n) is 4.38. The maximum Gasteiger partial charge on any atom is 0.417 e. The molecule has 1 aliphatic rings. The minimum Gasteiger partial charge on any atom is -0.454 e. The highest BCUT2D eigenvalue weighted by Crippen LogP contribution is 2.37. The van der Waals surface area contributed by atoms with Crippen LogP contribution in [0.25, 0.3) is 22.3 Å². The van der Waals surface area contributed by atoms with Crippen molar-refractivity contribution in [2.75, 3.05) is 31.6 Å². The van der Waals surface area contributed by atoms with Crippen LogP contribution < -0.4 is 10.7 Å². The normalized spacial score (nSPS) is 14.6. The first-order valence-electron chi connectivity index (χ1n) is 11.7. The van der Waals surface area contributed by atoms with Crippen LogP contribution in [0, 0.1) is 0 Å². The van der Waals surface area contributed by atoms with Gasteiger partial charge in [0, 0.05) is 36.8 Å². The van der Waals surface area contributed by atoms with Crippen molar-refractivity contribution in [3.8, 4) is 11.3 Å². The maximum atomic E-state index is 13.6. The summed E-state index contributed by atoms with van der Waals surface area (Å²) in [5, 5.41) is 2.90. The molecule has 0 radical (unpaired) electrons. The number of ether oxygens (including phenoxy) is 1. The number of rotatable bonds is 5. The van der Waals surface area contributed by atoms with E-state index in [1.807, 2.05) is 6.07 Å². The van der Waals surface area contributed by atoms with E-state index in [9.17, 15) is 22.8 Å². The predicted octanol–water partition coefficient (Wildman–Crippen LogP) is 5.56. The highest BCUT2D eigenvalue weighted by atomic mass is 19.4. The Morgan fingerprint density at radius 2 is 1.70 bits per heavy atom. The molecule has 1 fully saturated rings. The van der Waals surface area contributed by atoms with Crippen molar-refractivity contribution in [1.29, 1.82) is 0 Å². The molecule has 0 bridgehead atoms. The molecule has 1 amide bonds. The Bertz CT molecular complexity index is 1510. The molecule has 190 valence electrons. The zero-order valence-corrected chi connectivity index (χ0v) is 19.7. The molecule has 37 heavy (non-hydrogen) atoms. The van der Waals surface area contributed by atoms with Crippen LogP contribution in [0.4, 0.5) is 18.9 Å². The van der Waals surface area contributed by atoms with Crippen LogP contribution in [-0.4, -0.2) is 37.1 Å². The fraction of sp³-hybridized carbons (Fsp3) is 0.214. The number of halogens is 3. The highest BCUT2D eigenvalue weighted by Gasteiger charge is 2.34. The maximum absolute atomic E-state index is 13.6. The quantitative estimate of drug-likeness (QED) is 0.382. The molecule has 1 N–H and O–H groups in total. The number of hydrogen-bond acceptors (Lipinski definition) is 5. The van der Waals surface area contributed by atoms with Gasteiger partial charge in [-0.25, -0.2) is 0 Å². The van der Waals surface area contributed by atoms with E-state index in [1.165, 1.54) is 24.3 Å². The SMILES string of the molecule is O=C(Nc1cccc2c(=O)cc(-c3ccccc3C(F)(F)F)oc12)c1cccc(CN2CCOCC2)c1. The van der Waals surface area contributed by atoms with E-state index in [0.717, 1.165) is 30.8 Å². The number of hydrogen-bond donors (Lipinski definition) is 1. The Kier molecular flexibility index (Phi) is 6.82. The summed E-state index contributed by atoms with van der Waals surface area (Å²) in [6.07, 6.45) is -4.63. The number of amides is 1. The standard InChI is InChI=1S/C28H23F3N2O4/c29-28(30,31)22-9-2-1-7-20(22)25-16-24(34)21-8-4-10-23(26(21)37-25)32-27(35)19-6-3-5-18(15-19)17-33-11-13-36-14-12-33/h1-10,15-16H,11-14,17H2,(H,32,35). The fourth-order valence-corrected chi connectivity index (χ4v) is 4.38. The van der Waals surface area contributed by atoms with Gasteiger partial charge in [-0.05, 0) is 35.9 Å². The van der Waals surface area contributed by atoms with Crippen LogP contribution in [0.15, 0.2) is 82.0 Å². The molecule has 0 spiro atoms. The number of carbonyl (C=O) groups excluding carboxylic acids is 1.